The molecule has 0 amide bonds. The highest BCUT2D eigenvalue weighted by atomic mass is 79.9. The van der Waals surface area contributed by atoms with Crippen molar-refractivity contribution in [2.45, 2.75) is 45.4 Å². The minimum atomic E-state index is 0.284. The second-order valence-corrected chi connectivity index (χ2v) is 5.43. The zero-order chi connectivity index (χ0) is 13.5. The van der Waals surface area contributed by atoms with Gasteiger partial charge >= 0.3 is 0 Å². The van der Waals surface area contributed by atoms with E-state index < -0.39 is 0 Å². The maximum absolute atomic E-state index is 11.9. The van der Waals surface area contributed by atoms with Gasteiger partial charge in [-0.25, -0.2) is 0 Å². The zero-order valence-corrected chi connectivity index (χ0v) is 12.8. The van der Waals surface area contributed by atoms with Crippen molar-refractivity contribution in [3.05, 3.63) is 15.9 Å². The molecule has 0 unspecified atom stereocenters. The molecule has 1 rings (SSSR count). The number of rotatable bonds is 8. The maximum Gasteiger partial charge on any atom is 0.138 e. The third-order valence-electron chi connectivity index (χ3n) is 3.04. The Morgan fingerprint density at radius 2 is 2.00 bits per heavy atom. The van der Waals surface area contributed by atoms with Crippen molar-refractivity contribution in [1.29, 1.82) is 0 Å². The molecule has 1 aromatic heterocycles. The summed E-state index contributed by atoms with van der Waals surface area (Å²) in [7, 11) is 1.88. The molecule has 0 aliphatic rings. The van der Waals surface area contributed by atoms with E-state index in [0.29, 0.717) is 12.8 Å². The molecule has 0 radical (unpaired) electrons. The Morgan fingerprint density at radius 1 is 1.33 bits per heavy atom. The minimum absolute atomic E-state index is 0.284. The lowest BCUT2D eigenvalue weighted by Crippen LogP contribution is -2.08. The van der Waals surface area contributed by atoms with Crippen LogP contribution >= 0.6 is 15.9 Å². The van der Waals surface area contributed by atoms with Crippen molar-refractivity contribution in [3.8, 4) is 0 Å². The monoisotopic (exact) mass is 315 g/mol. The van der Waals surface area contributed by atoms with Crippen LogP contribution in [0.1, 0.15) is 43.5 Å². The van der Waals surface area contributed by atoms with Crippen LogP contribution in [0.2, 0.25) is 0 Å². The molecule has 0 saturated carbocycles. The number of nitrogens with two attached hydrogens (primary N) is 1. The summed E-state index contributed by atoms with van der Waals surface area (Å²) in [5, 5.41) is 4.29. The van der Waals surface area contributed by atoms with Crippen LogP contribution in [0.5, 0.6) is 0 Å². The van der Waals surface area contributed by atoms with E-state index in [2.05, 4.69) is 21.0 Å². The summed E-state index contributed by atoms with van der Waals surface area (Å²) < 4.78 is 2.74. The average molecular weight is 316 g/mol. The molecule has 0 spiro atoms. The van der Waals surface area contributed by atoms with Crippen molar-refractivity contribution in [2.75, 3.05) is 6.54 Å². The first-order chi connectivity index (χ1) is 8.56. The van der Waals surface area contributed by atoms with Gasteiger partial charge in [-0.2, -0.15) is 5.10 Å². The fraction of sp³-hybridized carbons (Fsp3) is 0.692. The molecular formula is C13H22BrN3O. The van der Waals surface area contributed by atoms with Crippen LogP contribution in [0.4, 0.5) is 0 Å². The average Bonchev–Trinajstić information content (AvgIpc) is 2.56. The number of hydrogen-bond acceptors (Lipinski definition) is 3. The molecule has 18 heavy (non-hydrogen) atoms. The molecular weight excluding hydrogens is 294 g/mol. The molecule has 102 valence electrons. The lowest BCUT2D eigenvalue weighted by Gasteiger charge is -2.03. The van der Waals surface area contributed by atoms with E-state index in [-0.39, 0.29) is 5.78 Å². The number of hydrogen-bond donors (Lipinski definition) is 1. The number of aryl methyl sites for hydroxylation is 2. The van der Waals surface area contributed by atoms with Crippen molar-refractivity contribution in [1.82, 2.24) is 9.78 Å². The van der Waals surface area contributed by atoms with Gasteiger partial charge in [0.15, 0.2) is 0 Å². The summed E-state index contributed by atoms with van der Waals surface area (Å²) in [6, 6.07) is 0. The van der Waals surface area contributed by atoms with Crippen molar-refractivity contribution < 1.29 is 4.79 Å². The number of halogens is 1. The Kier molecular flexibility index (Phi) is 6.57. The van der Waals surface area contributed by atoms with E-state index in [4.69, 9.17) is 5.73 Å². The highest BCUT2D eigenvalue weighted by Gasteiger charge is 2.13. The predicted molar refractivity (Wildman–Crippen MR) is 76.5 cm³/mol. The van der Waals surface area contributed by atoms with Crippen molar-refractivity contribution in [2.24, 2.45) is 12.8 Å². The molecule has 5 heteroatoms. The van der Waals surface area contributed by atoms with E-state index in [1.165, 1.54) is 0 Å². The molecule has 1 aromatic rings. The van der Waals surface area contributed by atoms with E-state index in [1.54, 1.807) is 4.68 Å². The van der Waals surface area contributed by atoms with Crippen molar-refractivity contribution >= 4 is 21.7 Å². The number of unbranched alkanes of at least 4 members (excludes halogenated alkanes) is 3. The minimum Gasteiger partial charge on any atom is -0.330 e. The first kappa shape index (κ1) is 15.4. The van der Waals surface area contributed by atoms with Gasteiger partial charge in [-0.3, -0.25) is 9.48 Å². The van der Waals surface area contributed by atoms with Gasteiger partial charge in [-0.15, -0.1) is 0 Å². The number of aromatic nitrogens is 2. The highest BCUT2D eigenvalue weighted by Crippen LogP contribution is 2.21. The lowest BCUT2D eigenvalue weighted by molar-refractivity contribution is -0.118. The standard InChI is InChI=1S/C13H22BrN3O/c1-10-13(14)12(17(2)16-10)9-11(18)7-5-3-4-6-8-15/h3-9,15H2,1-2H3. The molecule has 0 aliphatic heterocycles. The number of ketones is 1. The molecule has 0 saturated heterocycles. The normalized spacial score (nSPS) is 10.9. The van der Waals surface area contributed by atoms with Crippen LogP contribution < -0.4 is 5.73 Å². The molecule has 0 aromatic carbocycles. The first-order valence-electron chi connectivity index (χ1n) is 6.46. The van der Waals surface area contributed by atoms with Crippen LogP contribution in [-0.2, 0) is 18.3 Å². The van der Waals surface area contributed by atoms with E-state index in [1.807, 2.05) is 14.0 Å². The Hall–Kier alpha value is -0.680. The first-order valence-corrected chi connectivity index (χ1v) is 7.25. The number of Topliss-reactive ketones (excluding diaryl/α,β-unsaturated/α-hetero) is 1. The van der Waals surface area contributed by atoms with Crippen LogP contribution in [0.25, 0.3) is 0 Å². The highest BCUT2D eigenvalue weighted by molar-refractivity contribution is 9.10. The van der Waals surface area contributed by atoms with Gasteiger partial charge in [-0.05, 0) is 42.2 Å². The fourth-order valence-corrected chi connectivity index (χ4v) is 2.44. The number of carbonyl (C=O) groups is 1. The molecule has 0 atom stereocenters. The van der Waals surface area contributed by atoms with Crippen LogP contribution in [0.3, 0.4) is 0 Å². The fourth-order valence-electron chi connectivity index (χ4n) is 1.97. The topological polar surface area (TPSA) is 60.9 Å². The predicted octanol–water partition coefficient (Wildman–Crippen LogP) is 2.51. The summed E-state index contributed by atoms with van der Waals surface area (Å²) in [6.45, 7) is 2.68. The third kappa shape index (κ3) is 4.53. The number of nitrogens with zero attached hydrogens (tertiary/aromatic N) is 2. The second kappa shape index (κ2) is 7.69. The van der Waals surface area contributed by atoms with Crippen molar-refractivity contribution in [3.63, 3.8) is 0 Å². The van der Waals surface area contributed by atoms with Gasteiger partial charge in [0.25, 0.3) is 0 Å². The van der Waals surface area contributed by atoms with Gasteiger partial charge in [0.2, 0.25) is 0 Å². The van der Waals surface area contributed by atoms with Gasteiger partial charge in [-0.1, -0.05) is 12.8 Å². The Balaban J connectivity index is 2.36. The molecule has 2 N–H and O–H groups in total. The Bertz CT molecular complexity index is 401. The summed E-state index contributed by atoms with van der Waals surface area (Å²) in [5.41, 5.74) is 7.33. The largest absolute Gasteiger partial charge is 0.330 e. The van der Waals surface area contributed by atoms with E-state index >= 15 is 0 Å². The summed E-state index contributed by atoms with van der Waals surface area (Å²) >= 11 is 3.48. The second-order valence-electron chi connectivity index (χ2n) is 4.64. The number of carbonyl (C=O) groups excluding carboxylic acids is 1. The lowest BCUT2D eigenvalue weighted by atomic mass is 10.1. The molecule has 4 nitrogen and oxygen atoms in total. The molecule has 0 aliphatic carbocycles. The van der Waals surface area contributed by atoms with Gasteiger partial charge in [0.1, 0.15) is 5.78 Å². The molecule has 1 heterocycles. The van der Waals surface area contributed by atoms with Crippen LogP contribution in [0, 0.1) is 6.92 Å². The van der Waals surface area contributed by atoms with Crippen LogP contribution in [-0.4, -0.2) is 22.1 Å². The van der Waals surface area contributed by atoms with E-state index in [0.717, 1.165) is 48.1 Å². The van der Waals surface area contributed by atoms with Gasteiger partial charge in [0.05, 0.1) is 15.9 Å². The maximum atomic E-state index is 11.9. The van der Waals surface area contributed by atoms with Gasteiger partial charge < -0.3 is 5.73 Å². The third-order valence-corrected chi connectivity index (χ3v) is 4.07. The quantitative estimate of drug-likeness (QED) is 0.750. The Morgan fingerprint density at radius 3 is 2.56 bits per heavy atom. The van der Waals surface area contributed by atoms with Crippen LogP contribution in [0.15, 0.2) is 4.47 Å². The summed E-state index contributed by atoms with van der Waals surface area (Å²) in [6.07, 6.45) is 5.36. The SMILES string of the molecule is Cc1nn(C)c(CC(=O)CCCCCCN)c1Br. The van der Waals surface area contributed by atoms with E-state index in [9.17, 15) is 4.79 Å². The Labute approximate surface area is 117 Å². The molecule has 0 fully saturated rings. The smallest absolute Gasteiger partial charge is 0.138 e. The van der Waals surface area contributed by atoms with Gasteiger partial charge in [0, 0.05) is 19.9 Å². The summed E-state index contributed by atoms with van der Waals surface area (Å²) in [5.74, 6) is 0.284. The molecule has 0 bridgehead atoms. The zero-order valence-electron chi connectivity index (χ0n) is 11.2. The summed E-state index contributed by atoms with van der Waals surface area (Å²) in [4.78, 5) is 11.9.